The first kappa shape index (κ1) is 7.37. The zero-order valence-corrected chi connectivity index (χ0v) is 7.89. The highest BCUT2D eigenvalue weighted by atomic mass is 15.2. The molecular formula is C11H19N. The van der Waals surface area contributed by atoms with E-state index >= 15 is 0 Å². The Hall–Kier alpha value is -0.0400. The summed E-state index contributed by atoms with van der Waals surface area (Å²) in [6, 6.07) is 0. The van der Waals surface area contributed by atoms with Gasteiger partial charge in [-0.05, 0) is 51.1 Å². The number of fused-ring (bicyclic) bond motifs is 1. The van der Waals surface area contributed by atoms with Crippen LogP contribution in [0.4, 0.5) is 0 Å². The van der Waals surface area contributed by atoms with Gasteiger partial charge in [0.1, 0.15) is 0 Å². The average molecular weight is 165 g/mol. The Morgan fingerprint density at radius 3 is 2.92 bits per heavy atom. The van der Waals surface area contributed by atoms with Crippen molar-refractivity contribution in [1.29, 1.82) is 0 Å². The second-order valence-corrected chi connectivity index (χ2v) is 5.07. The Labute approximate surface area is 75.1 Å². The molecule has 0 N–H and O–H groups in total. The fraction of sp³-hybridized carbons (Fsp3) is 1.00. The van der Waals surface area contributed by atoms with Crippen LogP contribution in [0, 0.1) is 5.92 Å². The first-order valence-electron chi connectivity index (χ1n) is 5.64. The van der Waals surface area contributed by atoms with Crippen LogP contribution in [0.5, 0.6) is 0 Å². The third-order valence-corrected chi connectivity index (χ3v) is 4.47. The fourth-order valence-corrected chi connectivity index (χ4v) is 3.90. The van der Waals surface area contributed by atoms with E-state index in [-0.39, 0.29) is 0 Å². The molecule has 2 aliphatic heterocycles. The summed E-state index contributed by atoms with van der Waals surface area (Å²) in [6.07, 6.45) is 10.6. The molecule has 2 bridgehead atoms. The summed E-state index contributed by atoms with van der Waals surface area (Å²) in [5.41, 5.74) is 0.723. The normalized spacial score (nSPS) is 47.5. The Bertz CT molecular complexity index is 189. The van der Waals surface area contributed by atoms with Crippen molar-refractivity contribution >= 4 is 0 Å². The topological polar surface area (TPSA) is 3.24 Å². The average Bonchev–Trinajstić information content (AvgIpc) is 2.46. The highest BCUT2D eigenvalue weighted by Crippen LogP contribution is 2.47. The molecule has 2 atom stereocenters. The number of hydrogen-bond donors (Lipinski definition) is 0. The summed E-state index contributed by atoms with van der Waals surface area (Å²) < 4.78 is 0. The van der Waals surface area contributed by atoms with Crippen LogP contribution < -0.4 is 0 Å². The van der Waals surface area contributed by atoms with Gasteiger partial charge in [0.2, 0.25) is 0 Å². The maximum atomic E-state index is 2.81. The summed E-state index contributed by atoms with van der Waals surface area (Å²) in [4.78, 5) is 2.81. The van der Waals surface area contributed by atoms with Crippen LogP contribution in [0.2, 0.25) is 0 Å². The lowest BCUT2D eigenvalue weighted by Crippen LogP contribution is -2.51. The molecule has 0 aromatic heterocycles. The smallest absolute Gasteiger partial charge is 0.0212 e. The van der Waals surface area contributed by atoms with Crippen LogP contribution in [-0.2, 0) is 0 Å². The molecule has 2 heterocycles. The van der Waals surface area contributed by atoms with E-state index in [2.05, 4.69) is 4.90 Å². The zero-order valence-electron chi connectivity index (χ0n) is 7.89. The van der Waals surface area contributed by atoms with Gasteiger partial charge in [0.05, 0.1) is 0 Å². The van der Waals surface area contributed by atoms with Crippen molar-refractivity contribution in [3.63, 3.8) is 0 Å². The van der Waals surface area contributed by atoms with Gasteiger partial charge in [0.25, 0.3) is 0 Å². The number of nitrogens with zero attached hydrogens (tertiary/aromatic N) is 1. The zero-order chi connectivity index (χ0) is 8.02. The van der Waals surface area contributed by atoms with Crippen molar-refractivity contribution in [2.45, 2.75) is 50.5 Å². The third-order valence-electron chi connectivity index (χ3n) is 4.47. The quantitative estimate of drug-likeness (QED) is 0.533. The molecule has 1 spiro atoms. The molecule has 1 nitrogen and oxygen atoms in total. The van der Waals surface area contributed by atoms with E-state index in [9.17, 15) is 0 Å². The summed E-state index contributed by atoms with van der Waals surface area (Å²) in [5, 5.41) is 0. The predicted molar refractivity (Wildman–Crippen MR) is 50.1 cm³/mol. The lowest BCUT2D eigenvalue weighted by molar-refractivity contribution is 0.0187. The summed E-state index contributed by atoms with van der Waals surface area (Å²) in [5.74, 6) is 1.10. The Kier molecular flexibility index (Phi) is 1.52. The van der Waals surface area contributed by atoms with E-state index in [0.717, 1.165) is 11.5 Å². The largest absolute Gasteiger partial charge is 0.298 e. The fourth-order valence-electron chi connectivity index (χ4n) is 3.90. The second kappa shape index (κ2) is 2.47. The van der Waals surface area contributed by atoms with Gasteiger partial charge in [-0.1, -0.05) is 12.8 Å². The molecule has 3 rings (SSSR count). The number of piperidine rings is 1. The molecule has 3 aliphatic rings. The van der Waals surface area contributed by atoms with Crippen molar-refractivity contribution in [1.82, 2.24) is 4.90 Å². The Balaban J connectivity index is 1.89. The van der Waals surface area contributed by atoms with E-state index in [1.807, 2.05) is 0 Å². The third kappa shape index (κ3) is 0.891. The molecular weight excluding hydrogens is 146 g/mol. The molecule has 0 amide bonds. The van der Waals surface area contributed by atoms with Crippen molar-refractivity contribution in [2.24, 2.45) is 5.92 Å². The molecule has 68 valence electrons. The number of hydrogen-bond acceptors (Lipinski definition) is 1. The monoisotopic (exact) mass is 165 g/mol. The molecule has 3 fully saturated rings. The van der Waals surface area contributed by atoms with Crippen LogP contribution in [0.1, 0.15) is 44.9 Å². The van der Waals surface area contributed by atoms with Gasteiger partial charge in [-0.3, -0.25) is 4.90 Å². The van der Waals surface area contributed by atoms with Gasteiger partial charge < -0.3 is 0 Å². The maximum Gasteiger partial charge on any atom is 0.0212 e. The van der Waals surface area contributed by atoms with E-state index in [1.54, 1.807) is 6.42 Å². The van der Waals surface area contributed by atoms with Crippen LogP contribution >= 0.6 is 0 Å². The molecule has 1 heteroatoms. The minimum atomic E-state index is 0.723. The van der Waals surface area contributed by atoms with Gasteiger partial charge in [-0.15, -0.1) is 0 Å². The van der Waals surface area contributed by atoms with E-state index in [1.165, 1.54) is 51.6 Å². The lowest BCUT2D eigenvalue weighted by Gasteiger charge is -2.49. The molecule has 0 radical (unpaired) electrons. The molecule has 1 aliphatic carbocycles. The molecule has 0 aromatic rings. The van der Waals surface area contributed by atoms with Crippen LogP contribution in [0.3, 0.4) is 0 Å². The van der Waals surface area contributed by atoms with Crippen LogP contribution in [0.25, 0.3) is 0 Å². The van der Waals surface area contributed by atoms with E-state index in [4.69, 9.17) is 0 Å². The maximum absolute atomic E-state index is 2.81. The van der Waals surface area contributed by atoms with E-state index < -0.39 is 0 Å². The first-order valence-corrected chi connectivity index (χ1v) is 5.64. The first-order chi connectivity index (χ1) is 5.89. The number of rotatable bonds is 0. The highest BCUT2D eigenvalue weighted by Gasteiger charge is 2.46. The lowest BCUT2D eigenvalue weighted by atomic mass is 9.70. The van der Waals surface area contributed by atoms with Crippen molar-refractivity contribution in [3.8, 4) is 0 Å². The molecule has 12 heavy (non-hydrogen) atoms. The molecule has 1 saturated carbocycles. The van der Waals surface area contributed by atoms with Crippen molar-refractivity contribution in [2.75, 3.05) is 13.1 Å². The SMILES string of the molecule is C1C[C@@H]2CCN3CCC[C@]3(C1)C2. The highest BCUT2D eigenvalue weighted by molar-refractivity contribution is 5.02. The molecule has 0 aromatic carbocycles. The minimum Gasteiger partial charge on any atom is -0.298 e. The summed E-state index contributed by atoms with van der Waals surface area (Å²) in [6.45, 7) is 2.83. The summed E-state index contributed by atoms with van der Waals surface area (Å²) >= 11 is 0. The second-order valence-electron chi connectivity index (χ2n) is 5.07. The van der Waals surface area contributed by atoms with Gasteiger partial charge in [0, 0.05) is 5.54 Å². The van der Waals surface area contributed by atoms with Gasteiger partial charge in [-0.2, -0.15) is 0 Å². The van der Waals surface area contributed by atoms with Crippen molar-refractivity contribution in [3.05, 3.63) is 0 Å². The predicted octanol–water partition coefficient (Wildman–Crippen LogP) is 2.41. The molecule has 0 unspecified atom stereocenters. The van der Waals surface area contributed by atoms with E-state index in [0.29, 0.717) is 0 Å². The van der Waals surface area contributed by atoms with Gasteiger partial charge in [-0.25, -0.2) is 0 Å². The van der Waals surface area contributed by atoms with Crippen LogP contribution in [0.15, 0.2) is 0 Å². The Morgan fingerprint density at radius 2 is 1.92 bits per heavy atom. The summed E-state index contributed by atoms with van der Waals surface area (Å²) in [7, 11) is 0. The Morgan fingerprint density at radius 1 is 1.00 bits per heavy atom. The van der Waals surface area contributed by atoms with Crippen LogP contribution in [-0.4, -0.2) is 23.5 Å². The van der Waals surface area contributed by atoms with Gasteiger partial charge in [0.15, 0.2) is 0 Å². The minimum absolute atomic E-state index is 0.723. The molecule has 2 saturated heterocycles. The van der Waals surface area contributed by atoms with Crippen molar-refractivity contribution < 1.29 is 0 Å². The standard InChI is InChI=1S/C11H19N/c1-3-10-4-8-12-7-2-6-11(12,5-1)9-10/h10H,1-9H2/t10-,11-/m1/s1. The van der Waals surface area contributed by atoms with Gasteiger partial charge >= 0.3 is 0 Å².